The highest BCUT2D eigenvalue weighted by molar-refractivity contribution is 5.95. The van der Waals surface area contributed by atoms with Gasteiger partial charge in [0, 0.05) is 17.5 Å². The van der Waals surface area contributed by atoms with Crippen molar-refractivity contribution in [2.24, 2.45) is 0 Å². The van der Waals surface area contributed by atoms with Crippen molar-refractivity contribution in [3.05, 3.63) is 29.3 Å². The lowest BCUT2D eigenvalue weighted by molar-refractivity contribution is -0.114. The first-order valence-corrected chi connectivity index (χ1v) is 5.21. The highest BCUT2D eigenvalue weighted by atomic mass is 16.5. The van der Waals surface area contributed by atoms with E-state index in [2.05, 4.69) is 0 Å². The predicted molar refractivity (Wildman–Crippen MR) is 61.9 cm³/mol. The van der Waals surface area contributed by atoms with Crippen LogP contribution in [0, 0.1) is 0 Å². The van der Waals surface area contributed by atoms with Crippen LogP contribution in [0.25, 0.3) is 6.08 Å². The van der Waals surface area contributed by atoms with Gasteiger partial charge in [0.15, 0.2) is 5.78 Å². The molecule has 0 heterocycles. The summed E-state index contributed by atoms with van der Waals surface area (Å²) in [6, 6.07) is 3.74. The number of allylic oxidation sites excluding steroid dienone is 1. The molecule has 0 fully saturated rings. The molecule has 0 saturated carbocycles. The molecular formula is C13H14O3. The van der Waals surface area contributed by atoms with E-state index < -0.39 is 0 Å². The topological polar surface area (TPSA) is 35.5 Å². The van der Waals surface area contributed by atoms with E-state index in [4.69, 9.17) is 9.47 Å². The molecular weight excluding hydrogens is 204 g/mol. The van der Waals surface area contributed by atoms with Gasteiger partial charge in [-0.05, 0) is 30.7 Å². The molecule has 1 aliphatic rings. The van der Waals surface area contributed by atoms with Crippen molar-refractivity contribution in [1.82, 2.24) is 0 Å². The minimum atomic E-state index is 0.139. The number of methoxy groups -OCH3 is 2. The van der Waals surface area contributed by atoms with Crippen LogP contribution in [0.2, 0.25) is 0 Å². The highest BCUT2D eigenvalue weighted by Crippen LogP contribution is 2.33. The van der Waals surface area contributed by atoms with Gasteiger partial charge in [-0.3, -0.25) is 4.79 Å². The molecule has 0 saturated heterocycles. The van der Waals surface area contributed by atoms with Gasteiger partial charge in [-0.2, -0.15) is 0 Å². The third-order valence-corrected chi connectivity index (χ3v) is 2.77. The predicted octanol–water partition coefficient (Wildman–Crippen LogP) is 2.23. The van der Waals surface area contributed by atoms with Crippen LogP contribution < -0.4 is 9.47 Å². The molecule has 0 bridgehead atoms. The second-order valence-electron chi connectivity index (χ2n) is 3.66. The van der Waals surface area contributed by atoms with E-state index in [9.17, 15) is 4.79 Å². The standard InChI is InChI=1S/C13H14O3/c1-15-12-7-8-13(16-2)11-6-4-9(14)3-5-10(11)12/h3,5,7-8H,4,6H2,1-2H3. The van der Waals surface area contributed by atoms with Gasteiger partial charge in [0.1, 0.15) is 11.5 Å². The fraction of sp³-hybridized carbons (Fsp3) is 0.308. The molecule has 0 amide bonds. The number of ketones is 1. The molecule has 0 atom stereocenters. The van der Waals surface area contributed by atoms with Gasteiger partial charge < -0.3 is 9.47 Å². The minimum Gasteiger partial charge on any atom is -0.496 e. The van der Waals surface area contributed by atoms with Crippen molar-refractivity contribution in [2.45, 2.75) is 12.8 Å². The fourth-order valence-electron chi connectivity index (χ4n) is 1.94. The van der Waals surface area contributed by atoms with Crippen LogP contribution in [0.4, 0.5) is 0 Å². The smallest absolute Gasteiger partial charge is 0.156 e. The molecule has 0 aromatic heterocycles. The van der Waals surface area contributed by atoms with Gasteiger partial charge >= 0.3 is 0 Å². The van der Waals surface area contributed by atoms with Crippen molar-refractivity contribution in [1.29, 1.82) is 0 Å². The number of carbonyl (C=O) groups excluding carboxylic acids is 1. The van der Waals surface area contributed by atoms with Crippen LogP contribution in [0.5, 0.6) is 11.5 Å². The first-order valence-electron chi connectivity index (χ1n) is 5.21. The average Bonchev–Trinajstić information content (AvgIpc) is 2.51. The molecule has 0 radical (unpaired) electrons. The van der Waals surface area contributed by atoms with Crippen LogP contribution in [-0.4, -0.2) is 20.0 Å². The number of hydrogen-bond donors (Lipinski definition) is 0. The van der Waals surface area contributed by atoms with Gasteiger partial charge in [-0.15, -0.1) is 0 Å². The zero-order chi connectivity index (χ0) is 11.5. The van der Waals surface area contributed by atoms with Crippen molar-refractivity contribution >= 4 is 11.9 Å². The van der Waals surface area contributed by atoms with E-state index >= 15 is 0 Å². The lowest BCUT2D eigenvalue weighted by Crippen LogP contribution is -1.99. The van der Waals surface area contributed by atoms with Gasteiger partial charge in [0.25, 0.3) is 0 Å². The van der Waals surface area contributed by atoms with Crippen LogP contribution in [-0.2, 0) is 11.2 Å². The maximum Gasteiger partial charge on any atom is 0.156 e. The fourth-order valence-corrected chi connectivity index (χ4v) is 1.94. The molecule has 0 aliphatic heterocycles. The summed E-state index contributed by atoms with van der Waals surface area (Å²) in [5.74, 6) is 1.73. The molecule has 16 heavy (non-hydrogen) atoms. The number of fused-ring (bicyclic) bond motifs is 1. The Morgan fingerprint density at radius 2 is 1.69 bits per heavy atom. The molecule has 3 heteroatoms. The number of rotatable bonds is 2. The summed E-state index contributed by atoms with van der Waals surface area (Å²) >= 11 is 0. The van der Waals surface area contributed by atoms with E-state index in [1.54, 1.807) is 20.3 Å². The first-order chi connectivity index (χ1) is 7.76. The zero-order valence-electron chi connectivity index (χ0n) is 9.45. The van der Waals surface area contributed by atoms with E-state index in [0.717, 1.165) is 22.6 Å². The SMILES string of the molecule is COc1ccc(OC)c2c1C=CC(=O)CC2. The quantitative estimate of drug-likeness (QED) is 0.763. The largest absolute Gasteiger partial charge is 0.496 e. The Bertz CT molecular complexity index is 447. The lowest BCUT2D eigenvalue weighted by Gasteiger charge is -2.13. The molecule has 84 valence electrons. The molecule has 3 nitrogen and oxygen atoms in total. The Hall–Kier alpha value is -1.77. The van der Waals surface area contributed by atoms with Crippen molar-refractivity contribution in [3.63, 3.8) is 0 Å². The summed E-state index contributed by atoms with van der Waals surface area (Å²) in [6.45, 7) is 0. The van der Waals surface area contributed by atoms with Gasteiger partial charge in [-0.1, -0.05) is 0 Å². The lowest BCUT2D eigenvalue weighted by atomic mass is 10.0. The van der Waals surface area contributed by atoms with E-state index in [1.807, 2.05) is 18.2 Å². The van der Waals surface area contributed by atoms with E-state index in [-0.39, 0.29) is 5.78 Å². The summed E-state index contributed by atoms with van der Waals surface area (Å²) in [6.07, 6.45) is 4.63. The van der Waals surface area contributed by atoms with E-state index in [0.29, 0.717) is 12.8 Å². The third-order valence-electron chi connectivity index (χ3n) is 2.77. The maximum absolute atomic E-state index is 11.4. The first kappa shape index (κ1) is 10.7. The van der Waals surface area contributed by atoms with Crippen molar-refractivity contribution in [3.8, 4) is 11.5 Å². The molecule has 1 aliphatic carbocycles. The zero-order valence-corrected chi connectivity index (χ0v) is 9.45. The molecule has 1 aromatic carbocycles. The number of hydrogen-bond acceptors (Lipinski definition) is 3. The maximum atomic E-state index is 11.4. The van der Waals surface area contributed by atoms with Gasteiger partial charge in [0.05, 0.1) is 14.2 Å². The average molecular weight is 218 g/mol. The van der Waals surface area contributed by atoms with E-state index in [1.165, 1.54) is 0 Å². The van der Waals surface area contributed by atoms with Crippen LogP contribution in [0.3, 0.4) is 0 Å². The molecule has 0 N–H and O–H groups in total. The number of benzene rings is 1. The second-order valence-corrected chi connectivity index (χ2v) is 3.66. The molecule has 0 spiro atoms. The summed E-state index contributed by atoms with van der Waals surface area (Å²) in [7, 11) is 3.27. The third kappa shape index (κ3) is 1.81. The van der Waals surface area contributed by atoms with Crippen LogP contribution in [0.15, 0.2) is 18.2 Å². The normalized spacial score (nSPS) is 14.2. The second kappa shape index (κ2) is 4.39. The Labute approximate surface area is 94.7 Å². The van der Waals surface area contributed by atoms with Crippen LogP contribution >= 0.6 is 0 Å². The Morgan fingerprint density at radius 1 is 1.00 bits per heavy atom. The van der Waals surface area contributed by atoms with Crippen LogP contribution in [0.1, 0.15) is 17.5 Å². The minimum absolute atomic E-state index is 0.139. The van der Waals surface area contributed by atoms with Crippen molar-refractivity contribution < 1.29 is 14.3 Å². The summed E-state index contributed by atoms with van der Waals surface area (Å²) < 4.78 is 10.6. The Kier molecular flexibility index (Phi) is 2.95. The summed E-state index contributed by atoms with van der Waals surface area (Å²) in [4.78, 5) is 11.4. The van der Waals surface area contributed by atoms with Crippen molar-refractivity contribution in [2.75, 3.05) is 14.2 Å². The Morgan fingerprint density at radius 3 is 2.38 bits per heavy atom. The molecule has 2 rings (SSSR count). The van der Waals surface area contributed by atoms with Gasteiger partial charge in [0.2, 0.25) is 0 Å². The number of ether oxygens (including phenoxy) is 2. The number of carbonyl (C=O) groups is 1. The summed E-state index contributed by atoms with van der Waals surface area (Å²) in [5.41, 5.74) is 2.00. The Balaban J connectivity index is 2.58. The molecule has 0 unspecified atom stereocenters. The monoisotopic (exact) mass is 218 g/mol. The molecule has 1 aromatic rings. The summed E-state index contributed by atoms with van der Waals surface area (Å²) in [5, 5.41) is 0. The highest BCUT2D eigenvalue weighted by Gasteiger charge is 2.16. The van der Waals surface area contributed by atoms with Gasteiger partial charge in [-0.25, -0.2) is 0 Å².